The Kier molecular flexibility index (Phi) is 10.0. The first-order chi connectivity index (χ1) is 9.02. The first-order valence-electron chi connectivity index (χ1n) is 6.28. The number of hydrogen-bond acceptors (Lipinski definition) is 7. The summed E-state index contributed by atoms with van der Waals surface area (Å²) in [5.74, 6) is -0.476. The van der Waals surface area contributed by atoms with E-state index >= 15 is 0 Å². The molecule has 1 atom stereocenters. The molecule has 8 nitrogen and oxygen atoms in total. The number of nitrogens with one attached hydrogen (secondary N) is 2. The lowest BCUT2D eigenvalue weighted by molar-refractivity contribution is -0.125. The molecule has 114 valence electrons. The van der Waals surface area contributed by atoms with Gasteiger partial charge in [0.25, 0.3) is 0 Å². The van der Waals surface area contributed by atoms with Gasteiger partial charge in [0, 0.05) is 0 Å². The molecule has 9 heteroatoms. The first kappa shape index (κ1) is 18.5. The van der Waals surface area contributed by atoms with Gasteiger partial charge in [0.1, 0.15) is 12.3 Å². The molecule has 0 fully saturated rings. The highest BCUT2D eigenvalue weighted by Gasteiger charge is 2.26. The highest BCUT2D eigenvalue weighted by molar-refractivity contribution is 7.53. The molecule has 1 amide bonds. The average molecular weight is 297 g/mol. The summed E-state index contributed by atoms with van der Waals surface area (Å²) in [6, 6.07) is -0.791. The van der Waals surface area contributed by atoms with E-state index in [0.29, 0.717) is 19.4 Å². The predicted molar refractivity (Wildman–Crippen MR) is 70.9 cm³/mol. The minimum atomic E-state index is -3.32. The van der Waals surface area contributed by atoms with Crippen molar-refractivity contribution >= 4 is 13.5 Å². The Balaban J connectivity index is 4.33. The fraction of sp³-hybridized carbons (Fsp3) is 0.900. The molecule has 0 heterocycles. The fourth-order valence-corrected chi connectivity index (χ4v) is 2.79. The Morgan fingerprint density at radius 1 is 1.37 bits per heavy atom. The minimum absolute atomic E-state index is 0.224. The van der Waals surface area contributed by atoms with Crippen molar-refractivity contribution in [3.05, 3.63) is 0 Å². The van der Waals surface area contributed by atoms with Gasteiger partial charge in [-0.2, -0.15) is 5.48 Å². The van der Waals surface area contributed by atoms with Crippen LogP contribution in [-0.4, -0.2) is 43.2 Å². The maximum absolute atomic E-state index is 12.1. The molecular formula is C10H24N3O5P. The first-order valence-corrected chi connectivity index (χ1v) is 8.01. The molecule has 0 rings (SSSR count). The number of carbonyl (C=O) groups excluding carboxylic acids is 1. The highest BCUT2D eigenvalue weighted by atomic mass is 31.2. The number of hydroxylamine groups is 1. The molecule has 0 saturated heterocycles. The van der Waals surface area contributed by atoms with E-state index in [1.165, 1.54) is 0 Å². The van der Waals surface area contributed by atoms with Gasteiger partial charge in [0.15, 0.2) is 0 Å². The van der Waals surface area contributed by atoms with Crippen LogP contribution in [0.15, 0.2) is 0 Å². The quantitative estimate of drug-likeness (QED) is 0.322. The standard InChI is InChI=1S/C10H24N3O5P/c1-3-17-19(16,18-4-2)8-12-10(14)9(13-15)6-5-7-11/h9,13,15H,3-8,11H2,1-2H3,(H,12,14)/t9-/m0/s1. The fourth-order valence-electron chi connectivity index (χ4n) is 1.40. The Hall–Kier alpha value is -0.500. The lowest BCUT2D eigenvalue weighted by Crippen LogP contribution is -2.43. The molecule has 5 N–H and O–H groups in total. The summed E-state index contributed by atoms with van der Waals surface area (Å²) in [6.07, 6.45) is 0.737. The Morgan fingerprint density at radius 3 is 2.37 bits per heavy atom. The lowest BCUT2D eigenvalue weighted by atomic mass is 10.1. The van der Waals surface area contributed by atoms with Crippen LogP contribution in [0.4, 0.5) is 0 Å². The molecule has 0 aromatic rings. The second-order valence-corrected chi connectivity index (χ2v) is 5.81. The summed E-state index contributed by atoms with van der Waals surface area (Å²) in [4.78, 5) is 11.7. The summed E-state index contributed by atoms with van der Waals surface area (Å²) in [5.41, 5.74) is 7.23. The Morgan fingerprint density at radius 2 is 1.95 bits per heavy atom. The number of rotatable bonds is 11. The maximum Gasteiger partial charge on any atom is 0.349 e. The van der Waals surface area contributed by atoms with Gasteiger partial charge in [0.05, 0.1) is 13.2 Å². The van der Waals surface area contributed by atoms with Crippen molar-refractivity contribution in [2.24, 2.45) is 5.73 Å². The van der Waals surface area contributed by atoms with Gasteiger partial charge in [-0.25, -0.2) is 0 Å². The SMILES string of the molecule is CCOP(=O)(CNC(=O)[C@H](CCCN)NO)OCC. The van der Waals surface area contributed by atoms with Crippen LogP contribution >= 0.6 is 7.60 Å². The third kappa shape index (κ3) is 7.61. The van der Waals surface area contributed by atoms with Gasteiger partial charge >= 0.3 is 7.60 Å². The van der Waals surface area contributed by atoms with Crippen LogP contribution in [0.1, 0.15) is 26.7 Å². The van der Waals surface area contributed by atoms with E-state index in [1.54, 1.807) is 13.8 Å². The van der Waals surface area contributed by atoms with E-state index in [4.69, 9.17) is 20.0 Å². The summed E-state index contributed by atoms with van der Waals surface area (Å²) in [5, 5.41) is 11.3. The van der Waals surface area contributed by atoms with Crippen molar-refractivity contribution < 1.29 is 23.6 Å². The molecule has 0 aliphatic rings. The molecule has 19 heavy (non-hydrogen) atoms. The Bertz CT molecular complexity index is 293. The monoisotopic (exact) mass is 297 g/mol. The molecule has 0 unspecified atom stereocenters. The lowest BCUT2D eigenvalue weighted by Gasteiger charge is -2.19. The Labute approximate surface area is 113 Å². The van der Waals surface area contributed by atoms with Crippen molar-refractivity contribution in [2.45, 2.75) is 32.7 Å². The summed E-state index contributed by atoms with van der Waals surface area (Å²) < 4.78 is 22.1. The van der Waals surface area contributed by atoms with E-state index in [-0.39, 0.29) is 19.5 Å². The van der Waals surface area contributed by atoms with Crippen molar-refractivity contribution in [3.63, 3.8) is 0 Å². The van der Waals surface area contributed by atoms with Crippen LogP contribution in [0.2, 0.25) is 0 Å². The van der Waals surface area contributed by atoms with Crippen molar-refractivity contribution in [3.8, 4) is 0 Å². The van der Waals surface area contributed by atoms with Crippen LogP contribution in [0.25, 0.3) is 0 Å². The largest absolute Gasteiger partial charge is 0.349 e. The van der Waals surface area contributed by atoms with Crippen LogP contribution in [0.3, 0.4) is 0 Å². The molecule has 0 aliphatic carbocycles. The third-order valence-corrected chi connectivity index (χ3v) is 4.12. The maximum atomic E-state index is 12.1. The molecule has 0 spiro atoms. The van der Waals surface area contributed by atoms with Gasteiger partial charge < -0.3 is 25.3 Å². The van der Waals surface area contributed by atoms with E-state index in [1.807, 2.05) is 5.48 Å². The van der Waals surface area contributed by atoms with Gasteiger partial charge in [-0.1, -0.05) is 0 Å². The van der Waals surface area contributed by atoms with Gasteiger partial charge in [0.2, 0.25) is 5.91 Å². The van der Waals surface area contributed by atoms with E-state index in [9.17, 15) is 9.36 Å². The molecule has 0 radical (unpaired) electrons. The van der Waals surface area contributed by atoms with Crippen molar-refractivity contribution in [1.82, 2.24) is 10.8 Å². The smallest absolute Gasteiger partial charge is 0.343 e. The van der Waals surface area contributed by atoms with Crippen LogP contribution in [0.5, 0.6) is 0 Å². The predicted octanol–water partition coefficient (Wildman–Crippen LogP) is 0.413. The third-order valence-electron chi connectivity index (χ3n) is 2.27. The minimum Gasteiger partial charge on any atom is -0.343 e. The number of carbonyl (C=O) groups is 1. The molecule has 0 aromatic carbocycles. The molecule has 0 aromatic heterocycles. The topological polar surface area (TPSA) is 123 Å². The molecular weight excluding hydrogens is 273 g/mol. The second kappa shape index (κ2) is 10.3. The second-order valence-electron chi connectivity index (χ2n) is 3.76. The zero-order valence-corrected chi connectivity index (χ0v) is 12.3. The summed E-state index contributed by atoms with van der Waals surface area (Å²) >= 11 is 0. The highest BCUT2D eigenvalue weighted by Crippen LogP contribution is 2.46. The normalized spacial score (nSPS) is 13.3. The number of amides is 1. The van der Waals surface area contributed by atoms with Crippen LogP contribution in [-0.2, 0) is 18.4 Å². The van der Waals surface area contributed by atoms with Gasteiger partial charge in [-0.15, -0.1) is 0 Å². The summed E-state index contributed by atoms with van der Waals surface area (Å²) in [7, 11) is -3.32. The zero-order valence-electron chi connectivity index (χ0n) is 11.4. The van der Waals surface area contributed by atoms with Crippen molar-refractivity contribution in [2.75, 3.05) is 26.0 Å². The number of nitrogens with two attached hydrogens (primary N) is 1. The average Bonchev–Trinajstić information content (AvgIpc) is 2.38. The zero-order chi connectivity index (χ0) is 14.7. The van der Waals surface area contributed by atoms with Crippen molar-refractivity contribution in [1.29, 1.82) is 0 Å². The molecule has 0 bridgehead atoms. The van der Waals surface area contributed by atoms with Gasteiger partial charge in [-0.05, 0) is 33.2 Å². The van der Waals surface area contributed by atoms with Crippen LogP contribution in [0, 0.1) is 0 Å². The van der Waals surface area contributed by atoms with E-state index in [0.717, 1.165) is 0 Å². The number of hydrogen-bond donors (Lipinski definition) is 4. The van der Waals surface area contributed by atoms with Crippen LogP contribution < -0.4 is 16.5 Å². The van der Waals surface area contributed by atoms with Gasteiger partial charge in [-0.3, -0.25) is 9.36 Å². The summed E-state index contributed by atoms with van der Waals surface area (Å²) in [6.45, 7) is 4.24. The molecule has 0 aliphatic heterocycles. The van der Waals surface area contributed by atoms with E-state index in [2.05, 4.69) is 5.32 Å². The van der Waals surface area contributed by atoms with E-state index < -0.39 is 19.5 Å². The molecule has 0 saturated carbocycles.